The van der Waals surface area contributed by atoms with Gasteiger partial charge in [-0.1, -0.05) is 0 Å². The summed E-state index contributed by atoms with van der Waals surface area (Å²) in [4.78, 5) is 28.6. The molecule has 1 aromatic rings. The van der Waals surface area contributed by atoms with Crippen LogP contribution in [0.3, 0.4) is 0 Å². The number of nitrogens with zero attached hydrogens (tertiary/aromatic N) is 2. The molecule has 3 heterocycles. The highest BCUT2D eigenvalue weighted by Gasteiger charge is 2.40. The highest BCUT2D eigenvalue weighted by Crippen LogP contribution is 2.31. The van der Waals surface area contributed by atoms with Crippen molar-refractivity contribution in [2.45, 2.75) is 31.1 Å². The fraction of sp³-hybridized carbons (Fsp3) is 0.647. The zero-order chi connectivity index (χ0) is 17.1. The average Bonchev–Trinajstić information content (AvgIpc) is 3.05. The lowest BCUT2D eigenvalue weighted by molar-refractivity contribution is -0.140. The number of hydrogen-bond acceptors (Lipinski definition) is 5. The molecule has 6 nitrogen and oxygen atoms in total. The maximum atomic E-state index is 12.7. The molecular formula is C17H25N3O3S. The third-order valence-electron chi connectivity index (χ3n) is 4.96. The number of furan rings is 1. The zero-order valence-electron chi connectivity index (χ0n) is 14.1. The van der Waals surface area contributed by atoms with Gasteiger partial charge in [-0.2, -0.15) is 11.8 Å². The van der Waals surface area contributed by atoms with Crippen molar-refractivity contribution in [1.29, 1.82) is 0 Å². The molecule has 0 saturated carbocycles. The minimum absolute atomic E-state index is 0.0388. The first-order valence-corrected chi connectivity index (χ1v) is 9.90. The van der Waals surface area contributed by atoms with Crippen LogP contribution in [0.5, 0.6) is 0 Å². The van der Waals surface area contributed by atoms with Crippen LogP contribution < -0.4 is 5.73 Å². The van der Waals surface area contributed by atoms with Crippen LogP contribution in [0.25, 0.3) is 0 Å². The van der Waals surface area contributed by atoms with Crippen LogP contribution in [0.15, 0.2) is 16.5 Å². The lowest BCUT2D eigenvalue weighted by Crippen LogP contribution is -2.57. The van der Waals surface area contributed by atoms with Gasteiger partial charge in [0.25, 0.3) is 5.91 Å². The molecule has 7 heteroatoms. The number of amides is 2. The van der Waals surface area contributed by atoms with Gasteiger partial charge in [-0.25, -0.2) is 0 Å². The van der Waals surface area contributed by atoms with Gasteiger partial charge >= 0.3 is 0 Å². The van der Waals surface area contributed by atoms with Gasteiger partial charge in [-0.15, -0.1) is 0 Å². The van der Waals surface area contributed by atoms with E-state index in [4.69, 9.17) is 10.2 Å². The van der Waals surface area contributed by atoms with E-state index in [1.807, 2.05) is 22.1 Å². The molecule has 132 valence electrons. The van der Waals surface area contributed by atoms with Crippen LogP contribution in [0.4, 0.5) is 0 Å². The molecule has 0 radical (unpaired) electrons. The van der Waals surface area contributed by atoms with Crippen molar-refractivity contribution in [3.05, 3.63) is 23.7 Å². The Bertz CT molecular complexity index is 604. The van der Waals surface area contributed by atoms with E-state index >= 15 is 0 Å². The van der Waals surface area contributed by atoms with E-state index in [-0.39, 0.29) is 17.9 Å². The molecule has 0 bridgehead atoms. The van der Waals surface area contributed by atoms with E-state index in [0.29, 0.717) is 44.3 Å². The van der Waals surface area contributed by atoms with Crippen molar-refractivity contribution in [3.8, 4) is 0 Å². The Morgan fingerprint density at radius 3 is 3.00 bits per heavy atom. The second-order valence-corrected chi connectivity index (χ2v) is 7.35. The number of thioether (sulfide) groups is 1. The molecule has 2 aliphatic heterocycles. The summed E-state index contributed by atoms with van der Waals surface area (Å²) in [6.07, 6.45) is 4.23. The van der Waals surface area contributed by atoms with Crippen LogP contribution in [0.1, 0.15) is 35.6 Å². The number of fused-ring (bicyclic) bond motifs is 1. The van der Waals surface area contributed by atoms with Crippen molar-refractivity contribution in [3.63, 3.8) is 0 Å². The first-order valence-electron chi connectivity index (χ1n) is 8.50. The highest BCUT2D eigenvalue weighted by molar-refractivity contribution is 7.97. The largest absolute Gasteiger partial charge is 0.455 e. The monoisotopic (exact) mass is 351 g/mol. The molecule has 0 unspecified atom stereocenters. The van der Waals surface area contributed by atoms with E-state index in [1.165, 1.54) is 0 Å². The fourth-order valence-corrected chi connectivity index (χ4v) is 4.27. The van der Waals surface area contributed by atoms with Crippen LogP contribution in [-0.2, 0) is 10.5 Å². The Balaban J connectivity index is 1.66. The minimum Gasteiger partial charge on any atom is -0.455 e. The second-order valence-electron chi connectivity index (χ2n) is 6.48. The van der Waals surface area contributed by atoms with E-state index in [1.54, 1.807) is 17.8 Å². The van der Waals surface area contributed by atoms with E-state index in [2.05, 4.69) is 0 Å². The second kappa shape index (κ2) is 7.61. The highest BCUT2D eigenvalue weighted by atomic mass is 32.2. The summed E-state index contributed by atoms with van der Waals surface area (Å²) in [6.45, 7) is 2.45. The molecule has 2 amide bonds. The lowest BCUT2D eigenvalue weighted by atomic mass is 9.83. The molecule has 2 aliphatic rings. The van der Waals surface area contributed by atoms with Gasteiger partial charge in [0.2, 0.25) is 5.91 Å². The number of hydrogen-bond donors (Lipinski definition) is 1. The lowest BCUT2D eigenvalue weighted by Gasteiger charge is -2.46. The summed E-state index contributed by atoms with van der Waals surface area (Å²) in [5.41, 5.74) is 5.65. The molecule has 2 fully saturated rings. The van der Waals surface area contributed by atoms with Crippen molar-refractivity contribution >= 4 is 23.6 Å². The molecule has 24 heavy (non-hydrogen) atoms. The van der Waals surface area contributed by atoms with Gasteiger partial charge in [-0.3, -0.25) is 9.59 Å². The first-order chi connectivity index (χ1) is 11.6. The normalized spacial score (nSPS) is 24.2. The van der Waals surface area contributed by atoms with Gasteiger partial charge in [0.1, 0.15) is 5.76 Å². The molecule has 0 spiro atoms. The van der Waals surface area contributed by atoms with E-state index in [0.717, 1.165) is 24.4 Å². The molecule has 2 saturated heterocycles. The summed E-state index contributed by atoms with van der Waals surface area (Å²) in [5, 5.41) is 0. The van der Waals surface area contributed by atoms with E-state index in [9.17, 15) is 9.59 Å². The van der Waals surface area contributed by atoms with Gasteiger partial charge in [0.15, 0.2) is 5.76 Å². The minimum atomic E-state index is -0.0388. The predicted octanol–water partition coefficient (Wildman–Crippen LogP) is 1.55. The molecule has 1 aromatic heterocycles. The summed E-state index contributed by atoms with van der Waals surface area (Å²) in [7, 11) is 0. The molecular weight excluding hydrogens is 326 g/mol. The summed E-state index contributed by atoms with van der Waals surface area (Å²) < 4.78 is 5.66. The van der Waals surface area contributed by atoms with Gasteiger partial charge in [-0.05, 0) is 37.1 Å². The average molecular weight is 351 g/mol. The Kier molecular flexibility index (Phi) is 5.50. The van der Waals surface area contributed by atoms with E-state index < -0.39 is 0 Å². The van der Waals surface area contributed by atoms with Crippen LogP contribution in [0.2, 0.25) is 0 Å². The quantitative estimate of drug-likeness (QED) is 0.871. The maximum absolute atomic E-state index is 12.7. The number of carbonyl (C=O) groups excluding carboxylic acids is 2. The molecule has 2 N–H and O–H groups in total. The third kappa shape index (κ3) is 3.47. The van der Waals surface area contributed by atoms with Crippen molar-refractivity contribution in [2.24, 2.45) is 11.7 Å². The zero-order valence-corrected chi connectivity index (χ0v) is 14.9. The van der Waals surface area contributed by atoms with Crippen LogP contribution >= 0.6 is 11.8 Å². The molecule has 0 aromatic carbocycles. The van der Waals surface area contributed by atoms with Gasteiger partial charge in [0, 0.05) is 38.6 Å². The number of rotatable bonds is 5. The molecule has 0 aliphatic carbocycles. The number of piperidine rings is 2. The summed E-state index contributed by atoms with van der Waals surface area (Å²) in [5.74, 6) is 2.53. The Labute approximate surface area is 146 Å². The Morgan fingerprint density at radius 2 is 2.25 bits per heavy atom. The summed E-state index contributed by atoms with van der Waals surface area (Å²) >= 11 is 1.67. The number of carbonyl (C=O) groups is 2. The number of nitrogens with two attached hydrogens (primary N) is 1. The van der Waals surface area contributed by atoms with Crippen LogP contribution in [0, 0.1) is 5.92 Å². The van der Waals surface area contributed by atoms with Crippen molar-refractivity contribution < 1.29 is 14.0 Å². The topological polar surface area (TPSA) is 79.8 Å². The SMILES string of the molecule is CSCc1ccc(C(=O)N2CC[C@@H]3[C@@H](CCC(=O)N3CCN)C2)o1. The maximum Gasteiger partial charge on any atom is 0.289 e. The van der Waals surface area contributed by atoms with Crippen molar-refractivity contribution in [1.82, 2.24) is 9.80 Å². The molecule has 2 atom stereocenters. The molecule has 3 rings (SSSR count). The number of likely N-dealkylation sites (tertiary alicyclic amines) is 2. The Hall–Kier alpha value is -1.47. The van der Waals surface area contributed by atoms with Crippen LogP contribution in [-0.4, -0.2) is 60.1 Å². The van der Waals surface area contributed by atoms with Gasteiger partial charge in [0.05, 0.1) is 5.75 Å². The first kappa shape index (κ1) is 17.4. The fourth-order valence-electron chi connectivity index (χ4n) is 3.83. The van der Waals surface area contributed by atoms with Crippen molar-refractivity contribution in [2.75, 3.05) is 32.4 Å². The third-order valence-corrected chi connectivity index (χ3v) is 5.53. The Morgan fingerprint density at radius 1 is 1.42 bits per heavy atom. The standard InChI is InChI=1S/C17H25N3O3S/c1-24-11-13-3-4-15(23-13)17(22)19-8-6-14-12(10-19)2-5-16(21)20(14)9-7-18/h3-4,12,14H,2,5-11,18H2,1H3/t12-,14+/m0/s1. The summed E-state index contributed by atoms with van der Waals surface area (Å²) in [6, 6.07) is 3.87. The predicted molar refractivity (Wildman–Crippen MR) is 93.7 cm³/mol. The van der Waals surface area contributed by atoms with Gasteiger partial charge < -0.3 is 20.0 Å². The smallest absolute Gasteiger partial charge is 0.289 e.